The molecule has 1 unspecified atom stereocenters. The third kappa shape index (κ3) is 2.79. The van der Waals surface area contributed by atoms with Gasteiger partial charge in [0.1, 0.15) is 5.75 Å². The fourth-order valence-corrected chi connectivity index (χ4v) is 3.12. The van der Waals surface area contributed by atoms with E-state index in [1.54, 1.807) is 0 Å². The van der Waals surface area contributed by atoms with E-state index < -0.39 is 0 Å². The average molecular weight is 259 g/mol. The number of rotatable bonds is 3. The summed E-state index contributed by atoms with van der Waals surface area (Å²) in [7, 11) is 0. The van der Waals surface area contributed by atoms with Gasteiger partial charge in [0.05, 0.1) is 6.10 Å². The Kier molecular flexibility index (Phi) is 3.30. The Balaban J connectivity index is 1.87. The van der Waals surface area contributed by atoms with Gasteiger partial charge in [0.2, 0.25) is 0 Å². The number of para-hydroxylation sites is 1. The molecule has 2 fully saturated rings. The van der Waals surface area contributed by atoms with Crippen molar-refractivity contribution >= 4 is 0 Å². The van der Waals surface area contributed by atoms with Gasteiger partial charge in [0.25, 0.3) is 0 Å². The standard InChI is InChI=1S/C17H25NO/c1-17(2,3)18-12-6-8-15(18)14-7-4-5-9-16(14)19-13-10-11-13/h4-5,7,9,13,15H,6,8,10-12H2,1-3H3. The molecular weight excluding hydrogens is 234 g/mol. The number of likely N-dealkylation sites (tertiary alicyclic amines) is 1. The van der Waals surface area contributed by atoms with E-state index >= 15 is 0 Å². The summed E-state index contributed by atoms with van der Waals surface area (Å²) in [5.74, 6) is 1.12. The van der Waals surface area contributed by atoms with Crippen LogP contribution >= 0.6 is 0 Å². The highest BCUT2D eigenvalue weighted by atomic mass is 16.5. The minimum Gasteiger partial charge on any atom is -0.490 e. The Hall–Kier alpha value is -1.02. The van der Waals surface area contributed by atoms with Gasteiger partial charge in [-0.3, -0.25) is 4.90 Å². The van der Waals surface area contributed by atoms with Gasteiger partial charge in [-0.25, -0.2) is 0 Å². The van der Waals surface area contributed by atoms with E-state index in [-0.39, 0.29) is 5.54 Å². The van der Waals surface area contributed by atoms with E-state index in [1.807, 2.05) is 0 Å². The number of ether oxygens (including phenoxy) is 1. The molecule has 0 aromatic heterocycles. The smallest absolute Gasteiger partial charge is 0.124 e. The average Bonchev–Trinajstić information content (AvgIpc) is 3.02. The van der Waals surface area contributed by atoms with Crippen LogP contribution in [0.5, 0.6) is 5.75 Å². The van der Waals surface area contributed by atoms with Gasteiger partial charge >= 0.3 is 0 Å². The van der Waals surface area contributed by atoms with E-state index in [4.69, 9.17) is 4.74 Å². The number of hydrogen-bond acceptors (Lipinski definition) is 2. The highest BCUT2D eigenvalue weighted by molar-refractivity contribution is 5.37. The van der Waals surface area contributed by atoms with Crippen LogP contribution in [0.1, 0.15) is 58.1 Å². The Morgan fingerprint density at radius 1 is 1.11 bits per heavy atom. The molecule has 104 valence electrons. The van der Waals surface area contributed by atoms with Gasteiger partial charge in [0.15, 0.2) is 0 Å². The molecule has 0 amide bonds. The lowest BCUT2D eigenvalue weighted by atomic mass is 9.98. The van der Waals surface area contributed by atoms with Crippen LogP contribution in [0.15, 0.2) is 24.3 Å². The Morgan fingerprint density at radius 2 is 1.84 bits per heavy atom. The zero-order valence-corrected chi connectivity index (χ0v) is 12.4. The molecule has 1 aromatic rings. The van der Waals surface area contributed by atoms with Crippen molar-refractivity contribution < 1.29 is 4.74 Å². The summed E-state index contributed by atoms with van der Waals surface area (Å²) in [4.78, 5) is 2.63. The number of nitrogens with zero attached hydrogens (tertiary/aromatic N) is 1. The maximum atomic E-state index is 6.10. The zero-order chi connectivity index (χ0) is 13.5. The van der Waals surface area contributed by atoms with Gasteiger partial charge in [-0.15, -0.1) is 0 Å². The molecule has 0 bridgehead atoms. The molecule has 2 aliphatic rings. The number of benzene rings is 1. The first-order valence-electron chi connectivity index (χ1n) is 7.58. The third-order valence-corrected chi connectivity index (χ3v) is 4.21. The molecule has 19 heavy (non-hydrogen) atoms. The first-order chi connectivity index (χ1) is 9.05. The normalized spacial score (nSPS) is 24.7. The molecule has 1 saturated carbocycles. The maximum absolute atomic E-state index is 6.10. The van der Waals surface area contributed by atoms with Crippen molar-refractivity contribution in [3.05, 3.63) is 29.8 Å². The van der Waals surface area contributed by atoms with Crippen LogP contribution in [0.4, 0.5) is 0 Å². The second-order valence-corrected chi connectivity index (χ2v) is 6.88. The van der Waals surface area contributed by atoms with Crippen molar-refractivity contribution in [2.24, 2.45) is 0 Å². The fraction of sp³-hybridized carbons (Fsp3) is 0.647. The van der Waals surface area contributed by atoms with Crippen molar-refractivity contribution in [2.75, 3.05) is 6.54 Å². The molecule has 2 heteroatoms. The van der Waals surface area contributed by atoms with Crippen molar-refractivity contribution in [2.45, 2.75) is 64.1 Å². The molecule has 1 aromatic carbocycles. The molecule has 1 aliphatic carbocycles. The van der Waals surface area contributed by atoms with Crippen LogP contribution in [0.25, 0.3) is 0 Å². The molecule has 1 atom stereocenters. The summed E-state index contributed by atoms with van der Waals surface area (Å²) in [5.41, 5.74) is 1.62. The van der Waals surface area contributed by atoms with E-state index in [0.717, 1.165) is 5.75 Å². The van der Waals surface area contributed by atoms with Crippen molar-refractivity contribution in [1.82, 2.24) is 4.90 Å². The minimum absolute atomic E-state index is 0.230. The highest BCUT2D eigenvalue weighted by Crippen LogP contribution is 2.42. The van der Waals surface area contributed by atoms with Gasteiger partial charge in [-0.05, 0) is 59.1 Å². The van der Waals surface area contributed by atoms with Crippen LogP contribution in [0, 0.1) is 0 Å². The van der Waals surface area contributed by atoms with Crippen LogP contribution in [-0.2, 0) is 0 Å². The lowest BCUT2D eigenvalue weighted by molar-refractivity contribution is 0.119. The van der Waals surface area contributed by atoms with Crippen molar-refractivity contribution in [3.8, 4) is 5.75 Å². The Bertz CT molecular complexity index is 445. The molecule has 0 spiro atoms. The molecule has 1 aliphatic heterocycles. The minimum atomic E-state index is 0.230. The van der Waals surface area contributed by atoms with E-state index in [0.29, 0.717) is 12.1 Å². The Labute approximate surface area is 116 Å². The predicted octanol–water partition coefficient (Wildman–Crippen LogP) is 4.16. The molecule has 0 N–H and O–H groups in total. The molecular formula is C17H25NO. The van der Waals surface area contributed by atoms with Crippen molar-refractivity contribution in [3.63, 3.8) is 0 Å². The summed E-state index contributed by atoms with van der Waals surface area (Å²) in [6, 6.07) is 9.17. The van der Waals surface area contributed by atoms with Crippen LogP contribution < -0.4 is 4.74 Å². The van der Waals surface area contributed by atoms with E-state index in [1.165, 1.54) is 37.8 Å². The van der Waals surface area contributed by atoms with E-state index in [9.17, 15) is 0 Å². The molecule has 0 radical (unpaired) electrons. The molecule has 2 nitrogen and oxygen atoms in total. The topological polar surface area (TPSA) is 12.5 Å². The molecule has 1 saturated heterocycles. The highest BCUT2D eigenvalue weighted by Gasteiger charge is 2.35. The van der Waals surface area contributed by atoms with Gasteiger partial charge in [0, 0.05) is 17.1 Å². The second-order valence-electron chi connectivity index (χ2n) is 6.88. The molecule has 3 rings (SSSR count). The van der Waals surface area contributed by atoms with Crippen molar-refractivity contribution in [1.29, 1.82) is 0 Å². The largest absolute Gasteiger partial charge is 0.490 e. The molecule has 1 heterocycles. The number of hydrogen-bond donors (Lipinski definition) is 0. The van der Waals surface area contributed by atoms with Crippen LogP contribution in [-0.4, -0.2) is 23.1 Å². The zero-order valence-electron chi connectivity index (χ0n) is 12.4. The maximum Gasteiger partial charge on any atom is 0.124 e. The predicted molar refractivity (Wildman–Crippen MR) is 78.5 cm³/mol. The summed E-state index contributed by atoms with van der Waals surface area (Å²) < 4.78 is 6.10. The van der Waals surface area contributed by atoms with E-state index in [2.05, 4.69) is 49.9 Å². The quantitative estimate of drug-likeness (QED) is 0.808. The van der Waals surface area contributed by atoms with Gasteiger partial charge in [-0.2, -0.15) is 0 Å². The second kappa shape index (κ2) is 4.82. The lowest BCUT2D eigenvalue weighted by Gasteiger charge is -2.37. The summed E-state index contributed by atoms with van der Waals surface area (Å²) in [6.45, 7) is 8.15. The SMILES string of the molecule is CC(C)(C)N1CCCC1c1ccccc1OC1CC1. The van der Waals surface area contributed by atoms with Crippen LogP contribution in [0.3, 0.4) is 0 Å². The first kappa shape index (κ1) is 13.0. The van der Waals surface area contributed by atoms with Crippen LogP contribution in [0.2, 0.25) is 0 Å². The Morgan fingerprint density at radius 3 is 2.53 bits per heavy atom. The third-order valence-electron chi connectivity index (χ3n) is 4.21. The summed E-state index contributed by atoms with van der Waals surface area (Å²) >= 11 is 0. The summed E-state index contributed by atoms with van der Waals surface area (Å²) in [5, 5.41) is 0. The summed E-state index contributed by atoms with van der Waals surface area (Å²) in [6.07, 6.45) is 5.47. The lowest BCUT2D eigenvalue weighted by Crippen LogP contribution is -2.40. The van der Waals surface area contributed by atoms with Gasteiger partial charge < -0.3 is 4.74 Å². The monoisotopic (exact) mass is 259 g/mol. The van der Waals surface area contributed by atoms with Gasteiger partial charge in [-0.1, -0.05) is 18.2 Å². The first-order valence-corrected chi connectivity index (χ1v) is 7.58. The fourth-order valence-electron chi connectivity index (χ4n) is 3.12.